The number of guanidine groups is 1. The Morgan fingerprint density at radius 2 is 1.65 bits per heavy atom. The fourth-order valence-corrected chi connectivity index (χ4v) is 6.09. The van der Waals surface area contributed by atoms with E-state index in [1.807, 2.05) is 77.5 Å². The number of likely N-dealkylation sites (tertiary alicyclic amines) is 1. The molecule has 0 aliphatic carbocycles. The van der Waals surface area contributed by atoms with Gasteiger partial charge in [-0.2, -0.15) is 0 Å². The molecule has 3 saturated heterocycles. The van der Waals surface area contributed by atoms with Crippen molar-refractivity contribution in [3.8, 4) is 0 Å². The van der Waals surface area contributed by atoms with Gasteiger partial charge in [0.25, 0.3) is 0 Å². The topological polar surface area (TPSA) is 82.5 Å². The van der Waals surface area contributed by atoms with Crippen molar-refractivity contribution in [3.05, 3.63) is 71.8 Å². The number of hydrogen-bond donors (Lipinski definition) is 0. The fourth-order valence-electron chi connectivity index (χ4n) is 6.09. The van der Waals surface area contributed by atoms with E-state index in [1.165, 1.54) is 12.0 Å². The van der Waals surface area contributed by atoms with E-state index in [-0.39, 0.29) is 30.8 Å². The van der Waals surface area contributed by atoms with Crippen molar-refractivity contribution < 1.29 is 19.1 Å². The van der Waals surface area contributed by atoms with Crippen LogP contribution in [0, 0.1) is 11.8 Å². The molecule has 3 aliphatic heterocycles. The first-order valence-corrected chi connectivity index (χ1v) is 11.4. The average molecular weight is 461 g/mol. The summed E-state index contributed by atoms with van der Waals surface area (Å²) in [6.07, 6.45) is 0.239. The van der Waals surface area contributed by atoms with Gasteiger partial charge in [0, 0.05) is 27.1 Å². The fraction of sp³-hybridized carbons (Fsp3) is 0.385. The molecule has 4 atom stereocenters. The molecule has 2 aromatic rings. The standard InChI is InChI=1S/C26H28N4O4/c1-27-25-28(2)16-19-20-21(23(32)29(22(20)31)15-18-12-8-5-9-13-18)26(30(19)25,24(33)34-3)14-17-10-6-4-7-11-17/h4-13,19-21H,14-16H2,1-3H3/t19-,20+,21-,26-/m1/s1. The minimum atomic E-state index is -1.37. The number of fused-ring (bicyclic) bond motifs is 3. The van der Waals surface area contributed by atoms with Gasteiger partial charge in [0.1, 0.15) is 0 Å². The van der Waals surface area contributed by atoms with Crippen molar-refractivity contribution in [1.82, 2.24) is 14.7 Å². The lowest BCUT2D eigenvalue weighted by Crippen LogP contribution is -2.61. The molecule has 2 aromatic carbocycles. The minimum Gasteiger partial charge on any atom is -0.467 e. The number of rotatable bonds is 5. The van der Waals surface area contributed by atoms with Crippen LogP contribution in [0.4, 0.5) is 0 Å². The number of aliphatic imine (C=N–C) groups is 1. The Morgan fingerprint density at radius 1 is 1.03 bits per heavy atom. The lowest BCUT2D eigenvalue weighted by Gasteiger charge is -2.40. The van der Waals surface area contributed by atoms with Gasteiger partial charge >= 0.3 is 5.97 Å². The molecule has 0 N–H and O–H groups in total. The molecule has 34 heavy (non-hydrogen) atoms. The van der Waals surface area contributed by atoms with Crippen LogP contribution in [0.2, 0.25) is 0 Å². The molecule has 176 valence electrons. The van der Waals surface area contributed by atoms with Crippen molar-refractivity contribution in [2.45, 2.75) is 24.5 Å². The van der Waals surface area contributed by atoms with E-state index in [4.69, 9.17) is 4.74 Å². The Balaban J connectivity index is 1.65. The second kappa shape index (κ2) is 8.27. The third-order valence-electron chi connectivity index (χ3n) is 7.39. The molecule has 0 spiro atoms. The smallest absolute Gasteiger partial charge is 0.333 e. The van der Waals surface area contributed by atoms with E-state index in [0.29, 0.717) is 12.5 Å². The Morgan fingerprint density at radius 3 is 2.24 bits per heavy atom. The molecule has 0 unspecified atom stereocenters. The first-order chi connectivity index (χ1) is 16.4. The molecule has 0 radical (unpaired) electrons. The highest BCUT2D eigenvalue weighted by Gasteiger charge is 2.74. The zero-order valence-electron chi connectivity index (χ0n) is 19.5. The first kappa shape index (κ1) is 22.1. The largest absolute Gasteiger partial charge is 0.467 e. The number of ether oxygens (including phenoxy) is 1. The van der Waals surface area contributed by atoms with E-state index in [0.717, 1.165) is 11.1 Å². The van der Waals surface area contributed by atoms with E-state index >= 15 is 0 Å². The van der Waals surface area contributed by atoms with Crippen LogP contribution in [-0.2, 0) is 32.1 Å². The number of amides is 2. The monoisotopic (exact) mass is 460 g/mol. The molecule has 8 nitrogen and oxygen atoms in total. The number of benzene rings is 2. The van der Waals surface area contributed by atoms with Crippen LogP contribution in [0.15, 0.2) is 65.7 Å². The highest BCUT2D eigenvalue weighted by Crippen LogP contribution is 2.53. The quantitative estimate of drug-likeness (QED) is 0.498. The Bertz CT molecular complexity index is 1150. The summed E-state index contributed by atoms with van der Waals surface area (Å²) in [5.74, 6) is -2.00. The van der Waals surface area contributed by atoms with Crippen LogP contribution in [0.3, 0.4) is 0 Å². The van der Waals surface area contributed by atoms with Gasteiger partial charge in [0.15, 0.2) is 11.5 Å². The number of methoxy groups -OCH3 is 1. The molecule has 0 bridgehead atoms. The predicted octanol–water partition coefficient (Wildman–Crippen LogP) is 1.56. The van der Waals surface area contributed by atoms with Gasteiger partial charge in [-0.1, -0.05) is 60.7 Å². The maximum Gasteiger partial charge on any atom is 0.333 e. The predicted molar refractivity (Wildman–Crippen MR) is 125 cm³/mol. The molecule has 5 rings (SSSR count). The van der Waals surface area contributed by atoms with Crippen molar-refractivity contribution in [1.29, 1.82) is 0 Å². The van der Waals surface area contributed by atoms with E-state index in [1.54, 1.807) is 7.05 Å². The normalized spacial score (nSPS) is 29.1. The first-order valence-electron chi connectivity index (χ1n) is 11.4. The van der Waals surface area contributed by atoms with Gasteiger partial charge in [-0.3, -0.25) is 19.5 Å². The van der Waals surface area contributed by atoms with Gasteiger partial charge in [0.05, 0.1) is 31.5 Å². The summed E-state index contributed by atoms with van der Waals surface area (Å²) in [4.78, 5) is 51.0. The van der Waals surface area contributed by atoms with Crippen LogP contribution < -0.4 is 0 Å². The Kier molecular flexibility index (Phi) is 5.38. The third-order valence-corrected chi connectivity index (χ3v) is 7.39. The van der Waals surface area contributed by atoms with E-state index < -0.39 is 23.3 Å². The lowest BCUT2D eigenvalue weighted by molar-refractivity contribution is -0.158. The van der Waals surface area contributed by atoms with Crippen LogP contribution in [0.1, 0.15) is 11.1 Å². The number of imide groups is 1. The van der Waals surface area contributed by atoms with E-state index in [2.05, 4.69) is 4.99 Å². The van der Waals surface area contributed by atoms with Gasteiger partial charge in [-0.05, 0) is 11.1 Å². The highest BCUT2D eigenvalue weighted by atomic mass is 16.5. The minimum absolute atomic E-state index is 0.186. The maximum absolute atomic E-state index is 14.0. The molecule has 3 heterocycles. The summed E-state index contributed by atoms with van der Waals surface area (Å²) in [5.41, 5.74) is 0.384. The number of carbonyl (C=O) groups is 3. The highest BCUT2D eigenvalue weighted by molar-refractivity contribution is 6.11. The molecule has 8 heteroatoms. The lowest BCUT2D eigenvalue weighted by atomic mass is 9.76. The summed E-state index contributed by atoms with van der Waals surface area (Å²) in [6.45, 7) is 0.685. The molecule has 0 aromatic heterocycles. The second-order valence-electron chi connectivity index (χ2n) is 9.17. The van der Waals surface area contributed by atoms with Crippen molar-refractivity contribution >= 4 is 23.7 Å². The number of nitrogens with zero attached hydrogens (tertiary/aromatic N) is 4. The van der Waals surface area contributed by atoms with Crippen molar-refractivity contribution in [2.24, 2.45) is 16.8 Å². The molecule has 2 amide bonds. The molecule has 3 aliphatic rings. The Hall–Kier alpha value is -3.68. The van der Waals surface area contributed by atoms with Crippen molar-refractivity contribution in [2.75, 3.05) is 27.7 Å². The SMILES string of the molecule is CN=C1N(C)C[C@@H]2[C@@H]3C(=O)N(Cc4ccccc4)C(=O)[C@@H]3[C@](Cc3ccccc3)(C(=O)OC)N12. The molecule has 3 fully saturated rings. The molecular formula is C26H28N4O4. The second-order valence-corrected chi connectivity index (χ2v) is 9.17. The van der Waals surface area contributed by atoms with Crippen LogP contribution >= 0.6 is 0 Å². The molecular weight excluding hydrogens is 432 g/mol. The Labute approximate surface area is 198 Å². The maximum atomic E-state index is 14.0. The molecule has 0 saturated carbocycles. The number of hydrogen-bond acceptors (Lipinski definition) is 5. The summed E-state index contributed by atoms with van der Waals surface area (Å²) >= 11 is 0. The van der Waals surface area contributed by atoms with Gasteiger partial charge in [0.2, 0.25) is 11.8 Å². The van der Waals surface area contributed by atoms with Crippen LogP contribution in [0.25, 0.3) is 0 Å². The van der Waals surface area contributed by atoms with Gasteiger partial charge in [-0.15, -0.1) is 0 Å². The van der Waals surface area contributed by atoms with Gasteiger partial charge in [-0.25, -0.2) is 4.79 Å². The third kappa shape index (κ3) is 3.04. The zero-order valence-corrected chi connectivity index (χ0v) is 19.5. The summed E-state index contributed by atoms with van der Waals surface area (Å²) in [5, 5.41) is 0. The summed E-state index contributed by atoms with van der Waals surface area (Å²) in [7, 11) is 4.89. The number of esters is 1. The summed E-state index contributed by atoms with van der Waals surface area (Å²) < 4.78 is 5.36. The average Bonchev–Trinajstić information content (AvgIpc) is 3.42. The van der Waals surface area contributed by atoms with Crippen LogP contribution in [-0.4, -0.2) is 77.8 Å². The summed E-state index contributed by atoms with van der Waals surface area (Å²) in [6, 6.07) is 18.7. The van der Waals surface area contributed by atoms with Crippen LogP contribution in [0.5, 0.6) is 0 Å². The van der Waals surface area contributed by atoms with Gasteiger partial charge < -0.3 is 14.5 Å². The number of likely N-dealkylation sites (N-methyl/N-ethyl adjacent to an activating group) is 1. The zero-order chi connectivity index (χ0) is 24.0. The van der Waals surface area contributed by atoms with E-state index in [9.17, 15) is 14.4 Å². The number of carbonyl (C=O) groups excluding carboxylic acids is 3. The van der Waals surface area contributed by atoms with Crippen molar-refractivity contribution in [3.63, 3.8) is 0 Å².